The van der Waals surface area contributed by atoms with E-state index in [4.69, 9.17) is 16.3 Å². The molecular formula is C21H27ClN4O2. The first-order valence-corrected chi connectivity index (χ1v) is 9.58. The summed E-state index contributed by atoms with van der Waals surface area (Å²) in [7, 11) is 3.63. The number of methoxy groups -OCH3 is 1. The number of halogens is 1. The van der Waals surface area contributed by atoms with E-state index >= 15 is 0 Å². The van der Waals surface area contributed by atoms with E-state index in [1.807, 2.05) is 43.1 Å². The van der Waals surface area contributed by atoms with Crippen LogP contribution in [0, 0.1) is 0 Å². The van der Waals surface area contributed by atoms with Crippen LogP contribution in [0.1, 0.15) is 22.8 Å². The van der Waals surface area contributed by atoms with Gasteiger partial charge in [0, 0.05) is 26.7 Å². The molecule has 0 saturated carbocycles. The monoisotopic (exact) mass is 402 g/mol. The lowest BCUT2D eigenvalue weighted by molar-refractivity contribution is 0.0955. The minimum Gasteiger partial charge on any atom is -0.497 e. The first-order valence-electron chi connectivity index (χ1n) is 9.20. The number of nitrogens with zero attached hydrogens (tertiary/aromatic N) is 2. The largest absolute Gasteiger partial charge is 0.497 e. The highest BCUT2D eigenvalue weighted by molar-refractivity contribution is 6.33. The maximum atomic E-state index is 12.2. The normalized spacial score (nSPS) is 11.1. The summed E-state index contributed by atoms with van der Waals surface area (Å²) < 4.78 is 5.19. The van der Waals surface area contributed by atoms with Crippen LogP contribution in [0.2, 0.25) is 5.02 Å². The average Bonchev–Trinajstić information content (AvgIpc) is 2.71. The third-order valence-corrected chi connectivity index (χ3v) is 4.38. The van der Waals surface area contributed by atoms with Crippen LogP contribution in [-0.2, 0) is 6.54 Å². The number of guanidine groups is 1. The van der Waals surface area contributed by atoms with Gasteiger partial charge in [-0.1, -0.05) is 35.9 Å². The Morgan fingerprint density at radius 2 is 1.86 bits per heavy atom. The lowest BCUT2D eigenvalue weighted by Gasteiger charge is -2.22. The molecule has 0 aliphatic heterocycles. The minimum absolute atomic E-state index is 0.197. The Kier molecular flexibility index (Phi) is 8.62. The first kappa shape index (κ1) is 21.6. The second-order valence-corrected chi connectivity index (χ2v) is 6.58. The predicted octanol–water partition coefficient (Wildman–Crippen LogP) is 3.18. The molecular weight excluding hydrogens is 376 g/mol. The number of hydrogen-bond donors (Lipinski definition) is 2. The van der Waals surface area contributed by atoms with Gasteiger partial charge in [0.05, 0.1) is 24.2 Å². The van der Waals surface area contributed by atoms with E-state index in [9.17, 15) is 4.79 Å². The molecule has 6 nitrogen and oxygen atoms in total. The fourth-order valence-corrected chi connectivity index (χ4v) is 2.84. The standard InChI is InChI=1S/C21H27ClN4O2/c1-4-23-21(26(2)15-16-9-11-17(28-3)12-10-16)25-14-13-24-20(27)18-7-5-6-8-19(18)22/h5-12H,4,13-15H2,1-3H3,(H,23,25)(H,24,27). The topological polar surface area (TPSA) is 66.0 Å². The van der Waals surface area contributed by atoms with Gasteiger partial charge in [-0.2, -0.15) is 0 Å². The van der Waals surface area contributed by atoms with Gasteiger partial charge >= 0.3 is 0 Å². The predicted molar refractivity (Wildman–Crippen MR) is 114 cm³/mol. The Balaban J connectivity index is 1.89. The Bertz CT molecular complexity index is 793. The quantitative estimate of drug-likeness (QED) is 0.404. The number of ether oxygens (including phenoxy) is 1. The van der Waals surface area contributed by atoms with Crippen LogP contribution in [0.5, 0.6) is 5.75 Å². The molecule has 0 bridgehead atoms. The molecule has 0 atom stereocenters. The van der Waals surface area contributed by atoms with Crippen LogP contribution < -0.4 is 15.4 Å². The van der Waals surface area contributed by atoms with Crippen molar-refractivity contribution in [2.24, 2.45) is 4.99 Å². The number of hydrogen-bond acceptors (Lipinski definition) is 3. The molecule has 0 aliphatic rings. The van der Waals surface area contributed by atoms with Crippen LogP contribution in [0.4, 0.5) is 0 Å². The van der Waals surface area contributed by atoms with Crippen LogP contribution in [0.3, 0.4) is 0 Å². The molecule has 2 aromatic rings. The number of amides is 1. The molecule has 7 heteroatoms. The summed E-state index contributed by atoms with van der Waals surface area (Å²) in [6.07, 6.45) is 0. The highest BCUT2D eigenvalue weighted by Gasteiger charge is 2.09. The lowest BCUT2D eigenvalue weighted by atomic mass is 10.2. The van der Waals surface area contributed by atoms with E-state index in [0.29, 0.717) is 30.2 Å². The summed E-state index contributed by atoms with van der Waals surface area (Å²) >= 11 is 6.05. The first-order chi connectivity index (χ1) is 13.5. The van der Waals surface area contributed by atoms with Gasteiger partial charge in [0.15, 0.2) is 5.96 Å². The Morgan fingerprint density at radius 3 is 2.50 bits per heavy atom. The minimum atomic E-state index is -0.197. The van der Waals surface area contributed by atoms with E-state index in [2.05, 4.69) is 15.6 Å². The van der Waals surface area contributed by atoms with E-state index in [0.717, 1.165) is 23.8 Å². The van der Waals surface area contributed by atoms with E-state index in [1.54, 1.807) is 31.4 Å². The summed E-state index contributed by atoms with van der Waals surface area (Å²) in [4.78, 5) is 18.8. The highest BCUT2D eigenvalue weighted by Crippen LogP contribution is 2.14. The Morgan fingerprint density at radius 1 is 1.14 bits per heavy atom. The molecule has 0 heterocycles. The van der Waals surface area contributed by atoms with Crippen molar-refractivity contribution in [1.82, 2.24) is 15.5 Å². The number of carbonyl (C=O) groups excluding carboxylic acids is 1. The van der Waals surface area contributed by atoms with E-state index in [-0.39, 0.29) is 5.91 Å². The molecule has 28 heavy (non-hydrogen) atoms. The summed E-state index contributed by atoms with van der Waals surface area (Å²) in [5.74, 6) is 1.42. The maximum Gasteiger partial charge on any atom is 0.252 e. The second kappa shape index (κ2) is 11.2. The fourth-order valence-electron chi connectivity index (χ4n) is 2.62. The highest BCUT2D eigenvalue weighted by atomic mass is 35.5. The molecule has 2 aromatic carbocycles. The molecule has 0 radical (unpaired) electrons. The number of carbonyl (C=O) groups is 1. The SMILES string of the molecule is CCNC(=NCCNC(=O)c1ccccc1Cl)N(C)Cc1ccc(OC)cc1. The zero-order chi connectivity index (χ0) is 20.4. The van der Waals surface area contributed by atoms with E-state index < -0.39 is 0 Å². The lowest BCUT2D eigenvalue weighted by Crippen LogP contribution is -2.39. The van der Waals surface area contributed by atoms with Gasteiger partial charge in [-0.25, -0.2) is 0 Å². The fraction of sp³-hybridized carbons (Fsp3) is 0.333. The second-order valence-electron chi connectivity index (χ2n) is 6.18. The summed E-state index contributed by atoms with van der Waals surface area (Å²) in [6, 6.07) is 14.9. The van der Waals surface area contributed by atoms with Gasteiger partial charge in [0.2, 0.25) is 0 Å². The average molecular weight is 403 g/mol. The molecule has 0 fully saturated rings. The van der Waals surface area contributed by atoms with Crippen molar-refractivity contribution in [3.05, 3.63) is 64.7 Å². The van der Waals surface area contributed by atoms with Crippen LogP contribution in [-0.4, -0.2) is 50.6 Å². The smallest absolute Gasteiger partial charge is 0.252 e. The molecule has 1 amide bonds. The van der Waals surface area contributed by atoms with Crippen molar-refractivity contribution in [2.75, 3.05) is 33.8 Å². The molecule has 2 N–H and O–H groups in total. The zero-order valence-electron chi connectivity index (χ0n) is 16.5. The van der Waals surface area contributed by atoms with Crippen LogP contribution in [0.15, 0.2) is 53.5 Å². The van der Waals surface area contributed by atoms with Crippen molar-refractivity contribution >= 4 is 23.5 Å². The zero-order valence-corrected chi connectivity index (χ0v) is 17.3. The van der Waals surface area contributed by atoms with Gasteiger partial charge in [0.1, 0.15) is 5.75 Å². The number of aliphatic imine (C=N–C) groups is 1. The number of benzene rings is 2. The van der Waals surface area contributed by atoms with Crippen molar-refractivity contribution in [3.63, 3.8) is 0 Å². The Labute approximate surface area is 171 Å². The Hall–Kier alpha value is -2.73. The molecule has 0 aliphatic carbocycles. The molecule has 0 spiro atoms. The van der Waals surface area contributed by atoms with Gasteiger partial charge < -0.3 is 20.3 Å². The van der Waals surface area contributed by atoms with Gasteiger partial charge in [-0.3, -0.25) is 9.79 Å². The summed E-state index contributed by atoms with van der Waals surface area (Å²) in [6.45, 7) is 4.39. The summed E-state index contributed by atoms with van der Waals surface area (Å²) in [5.41, 5.74) is 1.62. The number of nitrogens with one attached hydrogen (secondary N) is 2. The van der Waals surface area contributed by atoms with Gasteiger partial charge in [0.25, 0.3) is 5.91 Å². The van der Waals surface area contributed by atoms with Crippen molar-refractivity contribution in [2.45, 2.75) is 13.5 Å². The molecule has 0 saturated heterocycles. The summed E-state index contributed by atoms with van der Waals surface area (Å²) in [5, 5.41) is 6.56. The van der Waals surface area contributed by atoms with Crippen molar-refractivity contribution < 1.29 is 9.53 Å². The molecule has 2 rings (SSSR count). The third-order valence-electron chi connectivity index (χ3n) is 4.05. The van der Waals surface area contributed by atoms with Crippen LogP contribution >= 0.6 is 11.6 Å². The molecule has 0 aromatic heterocycles. The number of rotatable bonds is 8. The van der Waals surface area contributed by atoms with Crippen molar-refractivity contribution in [3.8, 4) is 5.75 Å². The molecule has 150 valence electrons. The van der Waals surface area contributed by atoms with Crippen LogP contribution in [0.25, 0.3) is 0 Å². The van der Waals surface area contributed by atoms with Crippen molar-refractivity contribution in [1.29, 1.82) is 0 Å². The third kappa shape index (κ3) is 6.46. The maximum absolute atomic E-state index is 12.2. The van der Waals surface area contributed by atoms with Gasteiger partial charge in [-0.05, 0) is 36.8 Å². The van der Waals surface area contributed by atoms with E-state index in [1.165, 1.54) is 0 Å². The van der Waals surface area contributed by atoms with Gasteiger partial charge in [-0.15, -0.1) is 0 Å². The molecule has 0 unspecified atom stereocenters.